The molecule has 1 aromatic carbocycles. The number of methoxy groups -OCH3 is 1. The fourth-order valence-corrected chi connectivity index (χ4v) is 2.25. The van der Waals surface area contributed by atoms with Crippen LogP contribution in [-0.2, 0) is 14.3 Å². The van der Waals surface area contributed by atoms with Gasteiger partial charge in [-0.25, -0.2) is 9.59 Å². The van der Waals surface area contributed by atoms with Gasteiger partial charge in [-0.2, -0.15) is 0 Å². The number of benzene rings is 1. The molecule has 0 spiro atoms. The van der Waals surface area contributed by atoms with Crippen LogP contribution in [0.25, 0.3) is 0 Å². The minimum Gasteiger partial charge on any atom is -0.465 e. The number of rotatable bonds is 8. The molecule has 27 heavy (non-hydrogen) atoms. The highest BCUT2D eigenvalue weighted by Crippen LogP contribution is 2.13. The molecule has 1 rings (SSSR count). The quantitative estimate of drug-likeness (QED) is 0.471. The van der Waals surface area contributed by atoms with Crippen LogP contribution in [0.15, 0.2) is 24.3 Å². The molecular weight excluding hydrogens is 350 g/mol. The van der Waals surface area contributed by atoms with E-state index in [-0.39, 0.29) is 5.91 Å². The number of amides is 2. The fraction of sp³-hybridized carbons (Fsp3) is 0.526. The summed E-state index contributed by atoms with van der Waals surface area (Å²) in [4.78, 5) is 36.1. The average Bonchev–Trinajstić information content (AvgIpc) is 2.59. The van der Waals surface area contributed by atoms with Crippen molar-refractivity contribution in [2.45, 2.75) is 51.7 Å². The van der Waals surface area contributed by atoms with Crippen molar-refractivity contribution in [2.75, 3.05) is 19.0 Å². The number of esters is 1. The molecule has 8 heteroatoms. The standard InChI is InChI=1S/C19H29N3O5/c1-19(2,3)27-18(25)22-15(7-5-6-12-20)16(23)21-14-10-8-13(9-11-14)17(24)26-4/h8-11,15H,5-7,12,20H2,1-4H3,(H,21,23)(H,22,25)/t15-/m0/s1. The Labute approximate surface area is 159 Å². The van der Waals surface area contributed by atoms with Crippen LogP contribution in [0.2, 0.25) is 0 Å². The van der Waals surface area contributed by atoms with E-state index in [0.29, 0.717) is 30.6 Å². The van der Waals surface area contributed by atoms with Gasteiger partial charge >= 0.3 is 12.1 Å². The number of carbonyl (C=O) groups excluding carboxylic acids is 3. The van der Waals surface area contributed by atoms with Gasteiger partial charge in [0.2, 0.25) is 5.91 Å². The lowest BCUT2D eigenvalue weighted by molar-refractivity contribution is -0.118. The van der Waals surface area contributed by atoms with Crippen molar-refractivity contribution in [1.29, 1.82) is 0 Å². The van der Waals surface area contributed by atoms with Gasteiger partial charge in [0.05, 0.1) is 12.7 Å². The van der Waals surface area contributed by atoms with Gasteiger partial charge in [-0.05, 0) is 70.8 Å². The third-order valence-electron chi connectivity index (χ3n) is 3.53. The first-order valence-corrected chi connectivity index (χ1v) is 8.85. The average molecular weight is 379 g/mol. The highest BCUT2D eigenvalue weighted by molar-refractivity contribution is 5.97. The van der Waals surface area contributed by atoms with Gasteiger partial charge < -0.3 is 25.8 Å². The van der Waals surface area contributed by atoms with Crippen molar-refractivity contribution < 1.29 is 23.9 Å². The molecule has 0 bridgehead atoms. The molecule has 0 fully saturated rings. The summed E-state index contributed by atoms with van der Waals surface area (Å²) >= 11 is 0. The molecule has 0 heterocycles. The molecule has 8 nitrogen and oxygen atoms in total. The minimum atomic E-state index is -0.758. The van der Waals surface area contributed by atoms with Crippen LogP contribution >= 0.6 is 0 Å². The molecule has 0 saturated heterocycles. The van der Waals surface area contributed by atoms with E-state index in [0.717, 1.165) is 6.42 Å². The summed E-state index contributed by atoms with van der Waals surface area (Å²) in [5.41, 5.74) is 5.72. The summed E-state index contributed by atoms with van der Waals surface area (Å²) in [6.45, 7) is 5.76. The van der Waals surface area contributed by atoms with Crippen molar-refractivity contribution in [3.05, 3.63) is 29.8 Å². The van der Waals surface area contributed by atoms with Crippen molar-refractivity contribution in [2.24, 2.45) is 5.73 Å². The molecule has 0 aliphatic carbocycles. The molecule has 0 aromatic heterocycles. The second kappa shape index (κ2) is 10.5. The van der Waals surface area contributed by atoms with Gasteiger partial charge in [-0.3, -0.25) is 4.79 Å². The SMILES string of the molecule is COC(=O)c1ccc(NC(=O)[C@H](CCCCN)NC(=O)OC(C)(C)C)cc1. The lowest BCUT2D eigenvalue weighted by Crippen LogP contribution is -2.45. The summed E-state index contributed by atoms with van der Waals surface area (Å²) < 4.78 is 9.86. The van der Waals surface area contributed by atoms with E-state index in [4.69, 9.17) is 10.5 Å². The molecule has 1 aromatic rings. The topological polar surface area (TPSA) is 120 Å². The van der Waals surface area contributed by atoms with E-state index in [9.17, 15) is 14.4 Å². The maximum atomic E-state index is 12.6. The number of nitrogens with one attached hydrogen (secondary N) is 2. The maximum absolute atomic E-state index is 12.6. The van der Waals surface area contributed by atoms with E-state index in [1.54, 1.807) is 45.0 Å². The fourth-order valence-electron chi connectivity index (χ4n) is 2.25. The molecule has 1 atom stereocenters. The molecule has 2 amide bonds. The van der Waals surface area contributed by atoms with E-state index < -0.39 is 23.7 Å². The van der Waals surface area contributed by atoms with Crippen LogP contribution in [0.4, 0.5) is 10.5 Å². The summed E-state index contributed by atoms with van der Waals surface area (Å²) in [6, 6.07) is 5.52. The zero-order chi connectivity index (χ0) is 20.4. The monoisotopic (exact) mass is 379 g/mol. The van der Waals surface area contributed by atoms with Gasteiger partial charge in [0, 0.05) is 5.69 Å². The number of anilines is 1. The Balaban J connectivity index is 2.76. The first kappa shape index (κ1) is 22.4. The molecule has 0 radical (unpaired) electrons. The Kier molecular flexibility index (Phi) is 8.74. The van der Waals surface area contributed by atoms with Crippen molar-refractivity contribution in [3.8, 4) is 0 Å². The number of alkyl carbamates (subject to hydrolysis) is 1. The lowest BCUT2D eigenvalue weighted by atomic mass is 10.1. The predicted octanol–water partition coefficient (Wildman–Crippen LogP) is 2.43. The van der Waals surface area contributed by atoms with Gasteiger partial charge in [-0.15, -0.1) is 0 Å². The highest BCUT2D eigenvalue weighted by Gasteiger charge is 2.24. The molecule has 0 unspecified atom stereocenters. The zero-order valence-electron chi connectivity index (χ0n) is 16.3. The van der Waals surface area contributed by atoms with Gasteiger partial charge in [0.1, 0.15) is 11.6 Å². The smallest absolute Gasteiger partial charge is 0.408 e. The Hall–Kier alpha value is -2.61. The van der Waals surface area contributed by atoms with Crippen molar-refractivity contribution >= 4 is 23.7 Å². The van der Waals surface area contributed by atoms with Gasteiger partial charge in [-0.1, -0.05) is 0 Å². The number of hydrogen-bond acceptors (Lipinski definition) is 6. The Morgan fingerprint density at radius 1 is 1.11 bits per heavy atom. The highest BCUT2D eigenvalue weighted by atomic mass is 16.6. The molecule has 150 valence electrons. The second-order valence-electron chi connectivity index (χ2n) is 7.04. The first-order chi connectivity index (χ1) is 12.7. The number of carbonyl (C=O) groups is 3. The third-order valence-corrected chi connectivity index (χ3v) is 3.53. The van der Waals surface area contributed by atoms with Crippen molar-refractivity contribution in [3.63, 3.8) is 0 Å². The van der Waals surface area contributed by atoms with Crippen molar-refractivity contribution in [1.82, 2.24) is 5.32 Å². The zero-order valence-corrected chi connectivity index (χ0v) is 16.3. The Morgan fingerprint density at radius 2 is 1.74 bits per heavy atom. The van der Waals surface area contributed by atoms with Crippen LogP contribution in [0.1, 0.15) is 50.4 Å². The number of hydrogen-bond donors (Lipinski definition) is 3. The summed E-state index contributed by atoms with van der Waals surface area (Å²) in [5, 5.41) is 5.33. The van der Waals surface area contributed by atoms with E-state index in [1.165, 1.54) is 7.11 Å². The summed E-state index contributed by atoms with van der Waals surface area (Å²) in [6.07, 6.45) is 1.21. The minimum absolute atomic E-state index is 0.372. The Morgan fingerprint density at radius 3 is 2.26 bits per heavy atom. The van der Waals surface area contributed by atoms with Crippen LogP contribution < -0.4 is 16.4 Å². The van der Waals surface area contributed by atoms with Gasteiger partial charge in [0.15, 0.2) is 0 Å². The van der Waals surface area contributed by atoms with Crippen LogP contribution in [-0.4, -0.2) is 43.3 Å². The predicted molar refractivity (Wildman–Crippen MR) is 102 cm³/mol. The lowest BCUT2D eigenvalue weighted by Gasteiger charge is -2.23. The maximum Gasteiger partial charge on any atom is 0.408 e. The summed E-state index contributed by atoms with van der Waals surface area (Å²) in [5.74, 6) is -0.831. The molecule has 4 N–H and O–H groups in total. The molecule has 0 aliphatic rings. The Bertz CT molecular complexity index is 638. The third kappa shape index (κ3) is 8.54. The normalized spacial score (nSPS) is 12.0. The van der Waals surface area contributed by atoms with Crippen LogP contribution in [0.3, 0.4) is 0 Å². The van der Waals surface area contributed by atoms with Gasteiger partial charge in [0.25, 0.3) is 0 Å². The molecule has 0 saturated carbocycles. The van der Waals surface area contributed by atoms with Crippen LogP contribution in [0, 0.1) is 0 Å². The first-order valence-electron chi connectivity index (χ1n) is 8.85. The van der Waals surface area contributed by atoms with E-state index in [2.05, 4.69) is 15.4 Å². The second-order valence-corrected chi connectivity index (χ2v) is 7.04. The summed E-state index contributed by atoms with van der Waals surface area (Å²) in [7, 11) is 1.30. The number of nitrogens with two attached hydrogens (primary N) is 1. The largest absolute Gasteiger partial charge is 0.465 e. The number of ether oxygens (including phenoxy) is 2. The molecular formula is C19H29N3O5. The number of unbranched alkanes of at least 4 members (excludes halogenated alkanes) is 1. The van der Waals surface area contributed by atoms with E-state index in [1.807, 2.05) is 0 Å². The van der Waals surface area contributed by atoms with E-state index >= 15 is 0 Å². The molecule has 0 aliphatic heterocycles. The van der Waals surface area contributed by atoms with Crippen LogP contribution in [0.5, 0.6) is 0 Å².